The Morgan fingerprint density at radius 3 is 2.67 bits per heavy atom. The molecule has 1 rings (SSSR count). The molecular weight excluding hydrogens is 156 g/mol. The Morgan fingerprint density at radius 2 is 2.25 bits per heavy atom. The highest BCUT2D eigenvalue weighted by Gasteiger charge is 2.25. The van der Waals surface area contributed by atoms with Crippen LogP contribution >= 0.6 is 0 Å². The number of nitrogens with zero attached hydrogens (tertiary/aromatic N) is 2. The minimum Gasteiger partial charge on any atom is -0.301 e. The number of hydrogen-bond donors (Lipinski definition) is 0. The van der Waals surface area contributed by atoms with E-state index in [1.54, 1.807) is 4.90 Å². The van der Waals surface area contributed by atoms with E-state index in [1.165, 1.54) is 4.90 Å². The lowest BCUT2D eigenvalue weighted by Crippen LogP contribution is -2.38. The van der Waals surface area contributed by atoms with Gasteiger partial charge in [0, 0.05) is 13.0 Å². The van der Waals surface area contributed by atoms with Crippen molar-refractivity contribution in [2.24, 2.45) is 0 Å². The molecule has 1 aliphatic heterocycles. The van der Waals surface area contributed by atoms with E-state index in [0.29, 0.717) is 19.5 Å². The molecule has 68 valence electrons. The van der Waals surface area contributed by atoms with Crippen molar-refractivity contribution in [3.63, 3.8) is 0 Å². The Labute approximate surface area is 72.1 Å². The highest BCUT2D eigenvalue weighted by atomic mass is 16.2. The fourth-order valence-corrected chi connectivity index (χ4v) is 1.27. The molecule has 1 fully saturated rings. The van der Waals surface area contributed by atoms with Gasteiger partial charge in [-0.1, -0.05) is 0 Å². The number of hydrogen-bond acceptors (Lipinski definition) is 3. The van der Waals surface area contributed by atoms with Gasteiger partial charge in [0.2, 0.25) is 11.8 Å². The van der Waals surface area contributed by atoms with Gasteiger partial charge in [-0.15, -0.1) is 0 Å². The van der Waals surface area contributed by atoms with Crippen LogP contribution in [0.2, 0.25) is 0 Å². The molecule has 0 bridgehead atoms. The quantitative estimate of drug-likeness (QED) is 0.571. The Kier molecular flexibility index (Phi) is 2.81. The summed E-state index contributed by atoms with van der Waals surface area (Å²) in [6, 6.07) is 0. The third kappa shape index (κ3) is 2.04. The van der Waals surface area contributed by atoms with E-state index < -0.39 is 0 Å². The van der Waals surface area contributed by atoms with E-state index in [-0.39, 0.29) is 11.8 Å². The Balaban J connectivity index is 2.46. The molecular formula is C8H14N2O2. The van der Waals surface area contributed by atoms with Gasteiger partial charge in [-0.05, 0) is 20.5 Å². The number of imide groups is 1. The van der Waals surface area contributed by atoms with Gasteiger partial charge < -0.3 is 4.90 Å². The number of carbonyl (C=O) groups is 2. The lowest BCUT2D eigenvalue weighted by atomic mass is 10.4. The van der Waals surface area contributed by atoms with E-state index in [0.717, 1.165) is 6.42 Å². The normalized spacial score (nSPS) is 17.6. The topological polar surface area (TPSA) is 40.6 Å². The van der Waals surface area contributed by atoms with Crippen LogP contribution in [0.15, 0.2) is 0 Å². The maximum Gasteiger partial charge on any atom is 0.243 e. The van der Waals surface area contributed by atoms with Crippen molar-refractivity contribution in [2.75, 3.05) is 27.2 Å². The minimum atomic E-state index is -0.0810. The van der Waals surface area contributed by atoms with E-state index >= 15 is 0 Å². The molecule has 0 aromatic heterocycles. The van der Waals surface area contributed by atoms with Crippen LogP contribution in [0.3, 0.4) is 0 Å². The number of likely N-dealkylation sites (tertiary alicyclic amines) is 1. The second kappa shape index (κ2) is 3.67. The maximum absolute atomic E-state index is 11.3. The number of likely N-dealkylation sites (N-methyl/N-ethyl adjacent to an activating group) is 1. The lowest BCUT2D eigenvalue weighted by Gasteiger charge is -2.16. The third-order valence-electron chi connectivity index (χ3n) is 1.83. The largest absolute Gasteiger partial charge is 0.301 e. The van der Waals surface area contributed by atoms with Crippen molar-refractivity contribution < 1.29 is 9.59 Å². The fourth-order valence-electron chi connectivity index (χ4n) is 1.27. The van der Waals surface area contributed by atoms with Crippen molar-refractivity contribution in [3.05, 3.63) is 0 Å². The smallest absolute Gasteiger partial charge is 0.243 e. The molecule has 1 heterocycles. The summed E-state index contributed by atoms with van der Waals surface area (Å²) in [5.41, 5.74) is 0. The lowest BCUT2D eigenvalue weighted by molar-refractivity contribution is -0.142. The molecule has 0 aromatic rings. The van der Waals surface area contributed by atoms with Crippen LogP contribution in [0, 0.1) is 0 Å². The van der Waals surface area contributed by atoms with Crippen molar-refractivity contribution in [1.29, 1.82) is 0 Å². The van der Waals surface area contributed by atoms with Crippen LogP contribution in [0.25, 0.3) is 0 Å². The van der Waals surface area contributed by atoms with Crippen LogP contribution < -0.4 is 0 Å². The third-order valence-corrected chi connectivity index (χ3v) is 1.83. The number of amides is 2. The molecule has 0 spiro atoms. The summed E-state index contributed by atoms with van der Waals surface area (Å²) in [6.45, 7) is 0.928. The van der Waals surface area contributed by atoms with Gasteiger partial charge in [0.1, 0.15) is 0 Å². The summed E-state index contributed by atoms with van der Waals surface area (Å²) >= 11 is 0. The van der Waals surface area contributed by atoms with E-state index in [2.05, 4.69) is 0 Å². The zero-order valence-corrected chi connectivity index (χ0v) is 7.54. The summed E-state index contributed by atoms with van der Waals surface area (Å²) in [7, 11) is 3.64. The molecule has 0 unspecified atom stereocenters. The Hall–Kier alpha value is -0.900. The Morgan fingerprint density at radius 1 is 1.58 bits per heavy atom. The first-order chi connectivity index (χ1) is 5.61. The van der Waals surface area contributed by atoms with Gasteiger partial charge in [-0.3, -0.25) is 14.5 Å². The molecule has 0 saturated carbocycles. The predicted octanol–water partition coefficient (Wildman–Crippen LogP) is -0.303. The molecule has 4 nitrogen and oxygen atoms in total. The first kappa shape index (κ1) is 9.19. The zero-order chi connectivity index (χ0) is 9.14. The summed E-state index contributed by atoms with van der Waals surface area (Å²) in [4.78, 5) is 25.5. The van der Waals surface area contributed by atoms with Gasteiger partial charge in [-0.2, -0.15) is 0 Å². The highest BCUT2D eigenvalue weighted by molar-refractivity contribution is 5.97. The van der Waals surface area contributed by atoms with Crippen molar-refractivity contribution in [2.45, 2.75) is 12.8 Å². The van der Waals surface area contributed by atoms with Crippen molar-refractivity contribution in [3.8, 4) is 0 Å². The van der Waals surface area contributed by atoms with Gasteiger partial charge >= 0.3 is 0 Å². The molecule has 4 heteroatoms. The molecule has 0 radical (unpaired) electrons. The minimum absolute atomic E-state index is 0.0261. The zero-order valence-electron chi connectivity index (χ0n) is 7.54. The Bertz CT molecular complexity index is 201. The van der Waals surface area contributed by atoms with Gasteiger partial charge in [-0.25, -0.2) is 0 Å². The summed E-state index contributed by atoms with van der Waals surface area (Å²) in [5, 5.41) is 0. The molecule has 12 heavy (non-hydrogen) atoms. The predicted molar refractivity (Wildman–Crippen MR) is 44.5 cm³/mol. The summed E-state index contributed by atoms with van der Waals surface area (Å²) < 4.78 is 0. The number of rotatable bonds is 2. The standard InChI is InChI=1S/C8H14N2O2/c1-9(2)6-8(12)10-5-3-4-7(10)11/h3-6H2,1-2H3. The fraction of sp³-hybridized carbons (Fsp3) is 0.750. The SMILES string of the molecule is CN(C)CC(=O)N1CCCC1=O. The second-order valence-corrected chi connectivity index (χ2v) is 3.28. The van der Waals surface area contributed by atoms with Crippen molar-refractivity contribution in [1.82, 2.24) is 9.80 Å². The molecule has 1 aliphatic rings. The first-order valence-corrected chi connectivity index (χ1v) is 4.09. The molecule has 0 atom stereocenters. The first-order valence-electron chi connectivity index (χ1n) is 4.09. The second-order valence-electron chi connectivity index (χ2n) is 3.28. The van der Waals surface area contributed by atoms with Crippen LogP contribution in [0.4, 0.5) is 0 Å². The molecule has 0 aliphatic carbocycles. The summed E-state index contributed by atoms with van der Waals surface area (Å²) in [6.07, 6.45) is 1.34. The monoisotopic (exact) mass is 170 g/mol. The van der Waals surface area contributed by atoms with Gasteiger partial charge in [0.15, 0.2) is 0 Å². The van der Waals surface area contributed by atoms with Crippen LogP contribution in [0.1, 0.15) is 12.8 Å². The molecule has 1 saturated heterocycles. The number of carbonyl (C=O) groups excluding carboxylic acids is 2. The van der Waals surface area contributed by atoms with Crippen LogP contribution in [-0.4, -0.2) is 48.8 Å². The van der Waals surface area contributed by atoms with Crippen molar-refractivity contribution >= 4 is 11.8 Å². The average molecular weight is 170 g/mol. The highest BCUT2D eigenvalue weighted by Crippen LogP contribution is 2.09. The average Bonchev–Trinajstić information content (AvgIpc) is 2.33. The maximum atomic E-state index is 11.3. The van der Waals surface area contributed by atoms with Gasteiger partial charge in [0.25, 0.3) is 0 Å². The van der Waals surface area contributed by atoms with E-state index in [1.807, 2.05) is 14.1 Å². The van der Waals surface area contributed by atoms with E-state index in [9.17, 15) is 9.59 Å². The molecule has 0 N–H and O–H groups in total. The van der Waals surface area contributed by atoms with Crippen LogP contribution in [-0.2, 0) is 9.59 Å². The molecule has 0 aromatic carbocycles. The molecule has 2 amide bonds. The van der Waals surface area contributed by atoms with E-state index in [4.69, 9.17) is 0 Å². The van der Waals surface area contributed by atoms with Gasteiger partial charge in [0.05, 0.1) is 6.54 Å². The van der Waals surface area contributed by atoms with Crippen LogP contribution in [0.5, 0.6) is 0 Å². The summed E-state index contributed by atoms with van der Waals surface area (Å²) in [5.74, 6) is -0.107.